The zero-order valence-electron chi connectivity index (χ0n) is 9.63. The van der Waals surface area contributed by atoms with E-state index in [1.807, 2.05) is 0 Å². The molecule has 1 heterocycles. The van der Waals surface area contributed by atoms with Gasteiger partial charge in [0.2, 0.25) is 0 Å². The molecule has 0 spiro atoms. The van der Waals surface area contributed by atoms with Crippen molar-refractivity contribution in [2.24, 2.45) is 11.1 Å². The lowest BCUT2D eigenvalue weighted by Gasteiger charge is -2.40. The van der Waals surface area contributed by atoms with Crippen molar-refractivity contribution in [3.8, 4) is 0 Å². The lowest BCUT2D eigenvalue weighted by atomic mass is 9.81. The molecule has 0 aromatic heterocycles. The smallest absolute Gasteiger partial charge is 0.0125 e. The Labute approximate surface area is 87.8 Å². The highest BCUT2D eigenvalue weighted by Crippen LogP contribution is 2.40. The summed E-state index contributed by atoms with van der Waals surface area (Å²) in [5.74, 6) is 0. The van der Waals surface area contributed by atoms with Gasteiger partial charge in [-0.15, -0.1) is 0 Å². The summed E-state index contributed by atoms with van der Waals surface area (Å²) in [6, 6.07) is 1.32. The molecule has 2 N–H and O–H groups in total. The van der Waals surface area contributed by atoms with Gasteiger partial charge in [0.15, 0.2) is 0 Å². The molecule has 14 heavy (non-hydrogen) atoms. The van der Waals surface area contributed by atoms with Crippen LogP contribution in [0.25, 0.3) is 0 Å². The molecule has 1 saturated carbocycles. The standard InChI is InChI=1S/C12H24N2/c1-3-12(4-2)5-6-14(9-12)11-7-10(13)8-11/h10-11H,3-9,13H2,1-2H3. The Balaban J connectivity index is 1.88. The van der Waals surface area contributed by atoms with Gasteiger partial charge in [-0.2, -0.15) is 0 Å². The van der Waals surface area contributed by atoms with Crippen LogP contribution in [0.15, 0.2) is 0 Å². The molecule has 0 radical (unpaired) electrons. The second-order valence-corrected chi connectivity index (χ2v) is 5.31. The molecule has 1 saturated heterocycles. The van der Waals surface area contributed by atoms with E-state index in [0.29, 0.717) is 11.5 Å². The van der Waals surface area contributed by atoms with Crippen LogP contribution in [-0.4, -0.2) is 30.1 Å². The van der Waals surface area contributed by atoms with E-state index in [9.17, 15) is 0 Å². The van der Waals surface area contributed by atoms with Gasteiger partial charge in [-0.1, -0.05) is 13.8 Å². The van der Waals surface area contributed by atoms with E-state index in [1.165, 1.54) is 45.2 Å². The van der Waals surface area contributed by atoms with Crippen molar-refractivity contribution in [1.82, 2.24) is 4.90 Å². The van der Waals surface area contributed by atoms with Gasteiger partial charge in [-0.3, -0.25) is 4.90 Å². The predicted molar refractivity (Wildman–Crippen MR) is 60.2 cm³/mol. The molecule has 2 rings (SSSR count). The molecule has 1 aliphatic carbocycles. The van der Waals surface area contributed by atoms with Gasteiger partial charge in [0, 0.05) is 18.6 Å². The maximum absolute atomic E-state index is 5.84. The van der Waals surface area contributed by atoms with Gasteiger partial charge >= 0.3 is 0 Å². The second kappa shape index (κ2) is 3.82. The van der Waals surface area contributed by atoms with E-state index in [2.05, 4.69) is 18.7 Å². The molecule has 2 fully saturated rings. The molecule has 2 aliphatic rings. The molecule has 0 unspecified atom stereocenters. The average molecular weight is 196 g/mol. The molecule has 0 aromatic rings. The number of likely N-dealkylation sites (tertiary alicyclic amines) is 1. The predicted octanol–water partition coefficient (Wildman–Crippen LogP) is 1.99. The fourth-order valence-electron chi connectivity index (χ4n) is 3.04. The summed E-state index contributed by atoms with van der Waals surface area (Å²) < 4.78 is 0. The summed E-state index contributed by atoms with van der Waals surface area (Å²) in [5, 5.41) is 0. The van der Waals surface area contributed by atoms with Gasteiger partial charge in [-0.25, -0.2) is 0 Å². The lowest BCUT2D eigenvalue weighted by molar-refractivity contribution is 0.118. The van der Waals surface area contributed by atoms with E-state index in [0.717, 1.165) is 6.04 Å². The Morgan fingerprint density at radius 2 is 1.93 bits per heavy atom. The van der Waals surface area contributed by atoms with Crippen LogP contribution in [-0.2, 0) is 0 Å². The Kier molecular flexibility index (Phi) is 2.85. The first-order valence-corrected chi connectivity index (χ1v) is 6.19. The largest absolute Gasteiger partial charge is 0.328 e. The summed E-state index contributed by atoms with van der Waals surface area (Å²) in [6.07, 6.45) is 6.58. The maximum Gasteiger partial charge on any atom is 0.0125 e. The molecular weight excluding hydrogens is 172 g/mol. The minimum atomic E-state index is 0.498. The van der Waals surface area contributed by atoms with Gasteiger partial charge in [0.25, 0.3) is 0 Å². The summed E-state index contributed by atoms with van der Waals surface area (Å²) in [4.78, 5) is 2.69. The third-order valence-electron chi connectivity index (χ3n) is 4.63. The zero-order valence-corrected chi connectivity index (χ0v) is 9.63. The third-order valence-corrected chi connectivity index (χ3v) is 4.63. The number of nitrogens with zero attached hydrogens (tertiary/aromatic N) is 1. The Morgan fingerprint density at radius 3 is 2.36 bits per heavy atom. The van der Waals surface area contributed by atoms with Crippen molar-refractivity contribution < 1.29 is 0 Å². The van der Waals surface area contributed by atoms with Crippen LogP contribution >= 0.6 is 0 Å². The van der Waals surface area contributed by atoms with E-state index >= 15 is 0 Å². The molecule has 2 heteroatoms. The van der Waals surface area contributed by atoms with Crippen LogP contribution in [0.2, 0.25) is 0 Å². The van der Waals surface area contributed by atoms with Crippen LogP contribution in [0.5, 0.6) is 0 Å². The first-order chi connectivity index (χ1) is 6.69. The Bertz CT molecular complexity index is 192. The molecule has 0 atom stereocenters. The Hall–Kier alpha value is -0.0800. The molecule has 0 amide bonds. The van der Waals surface area contributed by atoms with Crippen molar-refractivity contribution in [3.63, 3.8) is 0 Å². The number of rotatable bonds is 3. The SMILES string of the molecule is CCC1(CC)CCN(C2CC(N)C2)C1. The van der Waals surface area contributed by atoms with Gasteiger partial charge < -0.3 is 5.73 Å². The molecule has 0 bridgehead atoms. The van der Waals surface area contributed by atoms with Crippen LogP contribution in [0.4, 0.5) is 0 Å². The summed E-state index contributed by atoms with van der Waals surface area (Å²) in [5.41, 5.74) is 6.48. The van der Waals surface area contributed by atoms with Crippen molar-refractivity contribution >= 4 is 0 Å². The van der Waals surface area contributed by atoms with E-state index in [1.54, 1.807) is 0 Å². The highest BCUT2D eigenvalue weighted by Gasteiger charge is 2.40. The first kappa shape index (κ1) is 10.4. The lowest BCUT2D eigenvalue weighted by Crippen LogP contribution is -2.50. The number of nitrogens with two attached hydrogens (primary N) is 1. The van der Waals surface area contributed by atoms with Crippen molar-refractivity contribution in [1.29, 1.82) is 0 Å². The average Bonchev–Trinajstić information content (AvgIpc) is 2.58. The zero-order chi connectivity index (χ0) is 10.2. The van der Waals surface area contributed by atoms with Crippen molar-refractivity contribution in [2.75, 3.05) is 13.1 Å². The van der Waals surface area contributed by atoms with Gasteiger partial charge in [0.05, 0.1) is 0 Å². The minimum absolute atomic E-state index is 0.498. The fourth-order valence-corrected chi connectivity index (χ4v) is 3.04. The van der Waals surface area contributed by atoms with E-state index in [-0.39, 0.29) is 0 Å². The van der Waals surface area contributed by atoms with Crippen LogP contribution in [0.1, 0.15) is 46.0 Å². The molecular formula is C12H24N2. The maximum atomic E-state index is 5.84. The summed E-state index contributed by atoms with van der Waals surface area (Å²) >= 11 is 0. The van der Waals surface area contributed by atoms with E-state index in [4.69, 9.17) is 5.73 Å². The normalized spacial score (nSPS) is 37.1. The van der Waals surface area contributed by atoms with Crippen LogP contribution in [0.3, 0.4) is 0 Å². The molecule has 2 nitrogen and oxygen atoms in total. The van der Waals surface area contributed by atoms with E-state index < -0.39 is 0 Å². The quantitative estimate of drug-likeness (QED) is 0.748. The second-order valence-electron chi connectivity index (χ2n) is 5.31. The fraction of sp³-hybridized carbons (Fsp3) is 1.00. The summed E-state index contributed by atoms with van der Waals surface area (Å²) in [7, 11) is 0. The van der Waals surface area contributed by atoms with Gasteiger partial charge in [-0.05, 0) is 44.1 Å². The van der Waals surface area contributed by atoms with Crippen LogP contribution < -0.4 is 5.73 Å². The van der Waals surface area contributed by atoms with Crippen LogP contribution in [0, 0.1) is 5.41 Å². The van der Waals surface area contributed by atoms with Crippen molar-refractivity contribution in [2.45, 2.75) is 58.0 Å². The first-order valence-electron chi connectivity index (χ1n) is 6.19. The van der Waals surface area contributed by atoms with Gasteiger partial charge in [0.1, 0.15) is 0 Å². The topological polar surface area (TPSA) is 29.3 Å². The molecule has 0 aromatic carbocycles. The number of hydrogen-bond acceptors (Lipinski definition) is 2. The number of hydrogen-bond donors (Lipinski definition) is 1. The Morgan fingerprint density at radius 1 is 1.29 bits per heavy atom. The molecule has 82 valence electrons. The van der Waals surface area contributed by atoms with Crippen molar-refractivity contribution in [3.05, 3.63) is 0 Å². The highest BCUT2D eigenvalue weighted by molar-refractivity contribution is 4.96. The third kappa shape index (κ3) is 1.70. The molecule has 1 aliphatic heterocycles. The summed E-state index contributed by atoms with van der Waals surface area (Å²) in [6.45, 7) is 7.34. The monoisotopic (exact) mass is 196 g/mol. The highest BCUT2D eigenvalue weighted by atomic mass is 15.2. The minimum Gasteiger partial charge on any atom is -0.328 e.